The molecule has 0 aliphatic carbocycles. The summed E-state index contributed by atoms with van der Waals surface area (Å²) in [6.45, 7) is 0. The zero-order valence-corrected chi connectivity index (χ0v) is 18.6. The summed E-state index contributed by atoms with van der Waals surface area (Å²) in [5, 5.41) is 10.3. The maximum Gasteiger partial charge on any atom is 1.00 e. The summed E-state index contributed by atoms with van der Waals surface area (Å²) >= 11 is 0. The van der Waals surface area contributed by atoms with Gasteiger partial charge in [0.1, 0.15) is 0 Å². The monoisotopic (exact) mass is 392 g/mol. The molecule has 0 fully saturated rings. The summed E-state index contributed by atoms with van der Waals surface area (Å²) < 4.78 is 30.8. The van der Waals surface area contributed by atoms with E-state index in [0.717, 1.165) is 44.1 Å². The molecular weight excluding hydrogens is 363 g/mol. The normalized spacial score (nSPS) is 11.1. The van der Waals surface area contributed by atoms with Gasteiger partial charge in [-0.15, -0.1) is 0 Å². The zero-order valence-electron chi connectivity index (χ0n) is 15.8. The molecule has 0 amide bonds. The van der Waals surface area contributed by atoms with Gasteiger partial charge < -0.3 is 9.90 Å². The Hall–Kier alpha value is -0.400. The molecule has 7 heteroatoms. The first-order chi connectivity index (χ1) is 11.9. The SMILES string of the molecule is O=C([O-])CCCCCCCCCCCCc1ccc(S(=O)(=O)O)cc1.[Na+]. The number of carboxylic acid groups (broad SMARTS) is 1. The van der Waals surface area contributed by atoms with Gasteiger partial charge in [0.05, 0.1) is 4.90 Å². The van der Waals surface area contributed by atoms with Crippen molar-refractivity contribution in [1.29, 1.82) is 0 Å². The van der Waals surface area contributed by atoms with Gasteiger partial charge in [0.15, 0.2) is 0 Å². The van der Waals surface area contributed by atoms with Gasteiger partial charge in [0, 0.05) is 5.97 Å². The second-order valence-electron chi connectivity index (χ2n) is 6.53. The minimum Gasteiger partial charge on any atom is -0.550 e. The molecule has 0 aromatic heterocycles. The van der Waals surface area contributed by atoms with Gasteiger partial charge in [-0.1, -0.05) is 63.5 Å². The Morgan fingerprint density at radius 2 is 1.23 bits per heavy atom. The average Bonchev–Trinajstić information content (AvgIpc) is 2.55. The van der Waals surface area contributed by atoms with E-state index in [1.165, 1.54) is 44.2 Å². The summed E-state index contributed by atoms with van der Waals surface area (Å²) in [4.78, 5) is 10.2. The first kappa shape index (κ1) is 25.6. The third-order valence-corrected chi connectivity index (χ3v) is 5.19. The van der Waals surface area contributed by atoms with Gasteiger partial charge in [-0.3, -0.25) is 4.55 Å². The Balaban J connectivity index is 0.00000625. The molecule has 5 nitrogen and oxygen atoms in total. The quantitative estimate of drug-likeness (QED) is 0.283. The number of carbonyl (C=O) groups is 1. The molecule has 1 aromatic carbocycles. The summed E-state index contributed by atoms with van der Waals surface area (Å²) in [6.07, 6.45) is 12.2. The molecule has 0 spiro atoms. The Kier molecular flexibility index (Phi) is 14.4. The first-order valence-electron chi connectivity index (χ1n) is 9.16. The molecule has 0 atom stereocenters. The van der Waals surface area contributed by atoms with Crippen LogP contribution in [0.2, 0.25) is 0 Å². The van der Waals surface area contributed by atoms with E-state index >= 15 is 0 Å². The predicted octanol–water partition coefficient (Wildman–Crippen LogP) is 0.521. The molecule has 1 N–H and O–H groups in total. The van der Waals surface area contributed by atoms with Gasteiger partial charge in [-0.25, -0.2) is 0 Å². The molecule has 0 aliphatic heterocycles. The topological polar surface area (TPSA) is 94.5 Å². The Morgan fingerprint density at radius 1 is 0.808 bits per heavy atom. The van der Waals surface area contributed by atoms with Crippen molar-refractivity contribution in [2.45, 2.75) is 81.9 Å². The molecule has 0 unspecified atom stereocenters. The Labute approximate surface area is 179 Å². The number of carboxylic acids is 1. The first-order valence-corrected chi connectivity index (χ1v) is 10.6. The van der Waals surface area contributed by atoms with E-state index in [9.17, 15) is 18.3 Å². The third kappa shape index (κ3) is 12.9. The van der Waals surface area contributed by atoms with Crippen LogP contribution in [0.3, 0.4) is 0 Å². The number of hydrogen-bond acceptors (Lipinski definition) is 4. The van der Waals surface area contributed by atoms with Crippen LogP contribution in [0.4, 0.5) is 0 Å². The third-order valence-electron chi connectivity index (χ3n) is 4.32. The van der Waals surface area contributed by atoms with Crippen molar-refractivity contribution >= 4 is 16.1 Å². The maximum absolute atomic E-state index is 11.0. The van der Waals surface area contributed by atoms with Gasteiger partial charge in [0.2, 0.25) is 0 Å². The Morgan fingerprint density at radius 3 is 1.65 bits per heavy atom. The van der Waals surface area contributed by atoms with E-state index in [4.69, 9.17) is 4.55 Å². The second-order valence-corrected chi connectivity index (χ2v) is 7.95. The van der Waals surface area contributed by atoms with Crippen molar-refractivity contribution in [2.75, 3.05) is 0 Å². The van der Waals surface area contributed by atoms with E-state index < -0.39 is 16.1 Å². The van der Waals surface area contributed by atoms with Crippen LogP contribution in [-0.2, 0) is 21.3 Å². The summed E-state index contributed by atoms with van der Waals surface area (Å²) in [6, 6.07) is 6.39. The van der Waals surface area contributed by atoms with E-state index in [1.807, 2.05) is 0 Å². The van der Waals surface area contributed by atoms with Crippen LogP contribution in [0.25, 0.3) is 0 Å². The standard InChI is InChI=1S/C19H30O5S.Na/c20-19(21)12-10-8-6-4-2-1-3-5-7-9-11-17-13-15-18(16-14-17)25(22,23)24;/h13-16H,1-12H2,(H,20,21)(H,22,23,24);/q;+1/p-1. The summed E-state index contributed by atoms with van der Waals surface area (Å²) in [5.41, 5.74) is 1.09. The molecule has 0 aliphatic rings. The van der Waals surface area contributed by atoms with Crippen molar-refractivity contribution in [3.05, 3.63) is 29.8 Å². The fraction of sp³-hybridized carbons (Fsp3) is 0.632. The van der Waals surface area contributed by atoms with Gasteiger partial charge in [0.25, 0.3) is 10.1 Å². The zero-order chi connectivity index (χ0) is 18.5. The molecule has 26 heavy (non-hydrogen) atoms. The molecule has 0 bridgehead atoms. The number of unbranched alkanes of at least 4 members (excludes halogenated alkanes) is 9. The number of hydrogen-bond donors (Lipinski definition) is 1. The largest absolute Gasteiger partial charge is 1.00 e. The number of aryl methyl sites for hydroxylation is 1. The van der Waals surface area contributed by atoms with Crippen LogP contribution >= 0.6 is 0 Å². The molecular formula is C19H29NaO5S. The number of aliphatic carboxylic acids is 1. The number of carbonyl (C=O) groups excluding carboxylic acids is 1. The fourth-order valence-corrected chi connectivity index (χ4v) is 3.32. The van der Waals surface area contributed by atoms with Crippen LogP contribution in [0.5, 0.6) is 0 Å². The van der Waals surface area contributed by atoms with E-state index in [-0.39, 0.29) is 40.9 Å². The van der Waals surface area contributed by atoms with Crippen molar-refractivity contribution in [3.8, 4) is 0 Å². The molecule has 0 radical (unpaired) electrons. The van der Waals surface area contributed by atoms with Gasteiger partial charge >= 0.3 is 29.6 Å². The van der Waals surface area contributed by atoms with Crippen LogP contribution < -0.4 is 34.7 Å². The van der Waals surface area contributed by atoms with Crippen molar-refractivity contribution < 1.29 is 52.4 Å². The Bertz CT molecular complexity index is 599. The van der Waals surface area contributed by atoms with Crippen molar-refractivity contribution in [2.24, 2.45) is 0 Å². The minimum atomic E-state index is -4.10. The van der Waals surface area contributed by atoms with E-state index in [1.54, 1.807) is 12.1 Å². The summed E-state index contributed by atoms with van der Waals surface area (Å²) in [7, 11) is -4.10. The maximum atomic E-state index is 11.0. The number of benzene rings is 1. The fourth-order valence-electron chi connectivity index (χ4n) is 2.84. The van der Waals surface area contributed by atoms with Crippen LogP contribution in [0, 0.1) is 0 Å². The van der Waals surface area contributed by atoms with Gasteiger partial charge in [-0.2, -0.15) is 8.42 Å². The predicted molar refractivity (Wildman–Crippen MR) is 95.8 cm³/mol. The number of rotatable bonds is 14. The molecule has 0 heterocycles. The van der Waals surface area contributed by atoms with Crippen molar-refractivity contribution in [1.82, 2.24) is 0 Å². The smallest absolute Gasteiger partial charge is 0.550 e. The molecule has 142 valence electrons. The molecule has 0 saturated heterocycles. The summed E-state index contributed by atoms with van der Waals surface area (Å²) in [5.74, 6) is -0.950. The molecule has 0 saturated carbocycles. The molecule has 1 rings (SSSR count). The minimum absolute atomic E-state index is 0. The van der Waals surface area contributed by atoms with Crippen LogP contribution in [0.1, 0.15) is 76.2 Å². The van der Waals surface area contributed by atoms with Gasteiger partial charge in [-0.05, 0) is 43.4 Å². The second kappa shape index (κ2) is 14.6. The van der Waals surface area contributed by atoms with E-state index in [2.05, 4.69) is 0 Å². The van der Waals surface area contributed by atoms with Crippen LogP contribution in [0.15, 0.2) is 29.2 Å². The average molecular weight is 392 g/mol. The van der Waals surface area contributed by atoms with Crippen LogP contribution in [-0.4, -0.2) is 18.9 Å². The molecule has 1 aromatic rings. The van der Waals surface area contributed by atoms with Crippen molar-refractivity contribution in [3.63, 3.8) is 0 Å². The van der Waals surface area contributed by atoms with E-state index in [0.29, 0.717) is 0 Å².